The van der Waals surface area contributed by atoms with E-state index in [0.29, 0.717) is 5.41 Å². The van der Waals surface area contributed by atoms with E-state index >= 15 is 0 Å². The molecule has 3 aliphatic rings. The van der Waals surface area contributed by atoms with Crippen LogP contribution in [0.4, 0.5) is 0 Å². The number of fused-ring (bicyclic) bond motifs is 4. The van der Waals surface area contributed by atoms with Gasteiger partial charge in [-0.15, -0.1) is 0 Å². The second-order valence-electron chi connectivity index (χ2n) is 5.31. The first-order chi connectivity index (χ1) is 6.74. The Bertz CT molecular complexity index is 469. The van der Waals surface area contributed by atoms with Gasteiger partial charge in [0.15, 0.2) is 0 Å². The largest absolute Gasteiger partial charge is 0.0836 e. The molecule has 0 aromatic heterocycles. The third-order valence-corrected chi connectivity index (χ3v) is 4.82. The highest BCUT2D eigenvalue weighted by atomic mass is 14.7. The molecule has 0 amide bonds. The van der Waals surface area contributed by atoms with Gasteiger partial charge in [0.2, 0.25) is 0 Å². The van der Waals surface area contributed by atoms with E-state index in [4.69, 9.17) is 0 Å². The Balaban J connectivity index is 2.06. The van der Waals surface area contributed by atoms with Gasteiger partial charge in [-0.1, -0.05) is 37.3 Å². The summed E-state index contributed by atoms with van der Waals surface area (Å²) in [6.45, 7) is 4.72. The number of benzene rings is 1. The molecule has 1 saturated carbocycles. The van der Waals surface area contributed by atoms with Crippen molar-refractivity contribution in [3.8, 4) is 0 Å². The maximum absolute atomic E-state index is 2.46. The molecule has 0 heteroatoms. The molecule has 1 aromatic rings. The third-order valence-electron chi connectivity index (χ3n) is 4.82. The van der Waals surface area contributed by atoms with Gasteiger partial charge in [0.25, 0.3) is 0 Å². The number of hydrogen-bond donors (Lipinski definition) is 0. The van der Waals surface area contributed by atoms with Gasteiger partial charge in [-0.3, -0.25) is 0 Å². The molecule has 4 atom stereocenters. The van der Waals surface area contributed by atoms with E-state index in [1.165, 1.54) is 5.56 Å². The molecule has 1 aromatic carbocycles. The summed E-state index contributed by atoms with van der Waals surface area (Å²) in [6.07, 6.45) is 4.90. The lowest BCUT2D eigenvalue weighted by atomic mass is 9.88. The van der Waals surface area contributed by atoms with E-state index in [1.54, 1.807) is 11.1 Å². The van der Waals surface area contributed by atoms with Crippen LogP contribution >= 0.6 is 0 Å². The predicted octanol–water partition coefficient (Wildman–Crippen LogP) is 3.38. The van der Waals surface area contributed by atoms with Gasteiger partial charge >= 0.3 is 0 Å². The molecule has 2 unspecified atom stereocenters. The quantitative estimate of drug-likeness (QED) is 0.539. The van der Waals surface area contributed by atoms with Crippen molar-refractivity contribution < 1.29 is 0 Å². The second-order valence-corrected chi connectivity index (χ2v) is 5.31. The first-order valence-electron chi connectivity index (χ1n) is 5.52. The number of rotatable bonds is 0. The standard InChI is InChI=1S/C14H14/c1-8-4-3-5-9-12(8)10-6-7-11-13(9)14(10,11)2/h3-7,10-11,13H,1-2H3/t10-,11?,13-,14?/m0/s1. The minimum Gasteiger partial charge on any atom is -0.0836 e. The summed E-state index contributed by atoms with van der Waals surface area (Å²) < 4.78 is 0. The van der Waals surface area contributed by atoms with Crippen molar-refractivity contribution in [1.82, 2.24) is 0 Å². The summed E-state index contributed by atoms with van der Waals surface area (Å²) in [4.78, 5) is 0. The van der Waals surface area contributed by atoms with Crippen LogP contribution in [0.25, 0.3) is 0 Å². The average Bonchev–Trinajstić information content (AvgIpc) is 2.58. The molecule has 1 fully saturated rings. The summed E-state index contributed by atoms with van der Waals surface area (Å²) in [5.41, 5.74) is 5.36. The van der Waals surface area contributed by atoms with Crippen LogP contribution < -0.4 is 0 Å². The van der Waals surface area contributed by atoms with E-state index < -0.39 is 0 Å². The van der Waals surface area contributed by atoms with Gasteiger partial charge in [-0.05, 0) is 40.9 Å². The lowest BCUT2D eigenvalue weighted by Gasteiger charge is -2.16. The van der Waals surface area contributed by atoms with Gasteiger partial charge in [0.1, 0.15) is 0 Å². The number of aryl methyl sites for hydroxylation is 1. The molecule has 3 aliphatic carbocycles. The van der Waals surface area contributed by atoms with E-state index in [0.717, 1.165) is 17.8 Å². The first kappa shape index (κ1) is 7.28. The maximum Gasteiger partial charge on any atom is 0.00893 e. The number of hydrogen-bond acceptors (Lipinski definition) is 0. The van der Waals surface area contributed by atoms with Crippen LogP contribution in [-0.2, 0) is 0 Å². The van der Waals surface area contributed by atoms with Gasteiger partial charge in [-0.2, -0.15) is 0 Å². The van der Waals surface area contributed by atoms with E-state index in [-0.39, 0.29) is 0 Å². The van der Waals surface area contributed by atoms with Crippen molar-refractivity contribution in [1.29, 1.82) is 0 Å². The average molecular weight is 182 g/mol. The highest BCUT2D eigenvalue weighted by Gasteiger charge is 2.71. The Morgan fingerprint density at radius 1 is 1.21 bits per heavy atom. The van der Waals surface area contributed by atoms with Crippen LogP contribution in [0.15, 0.2) is 30.4 Å². The molecule has 14 heavy (non-hydrogen) atoms. The number of allylic oxidation sites excluding steroid dienone is 2. The topological polar surface area (TPSA) is 0 Å². The van der Waals surface area contributed by atoms with Gasteiger partial charge in [0.05, 0.1) is 0 Å². The zero-order valence-corrected chi connectivity index (χ0v) is 8.62. The molecular formula is C14H14. The molecule has 70 valence electrons. The van der Waals surface area contributed by atoms with Crippen LogP contribution in [0, 0.1) is 18.3 Å². The van der Waals surface area contributed by atoms with Crippen molar-refractivity contribution in [2.75, 3.05) is 0 Å². The first-order valence-corrected chi connectivity index (χ1v) is 5.52. The maximum atomic E-state index is 2.46. The van der Waals surface area contributed by atoms with E-state index in [1.807, 2.05) is 0 Å². The Morgan fingerprint density at radius 3 is 2.93 bits per heavy atom. The van der Waals surface area contributed by atoms with Crippen LogP contribution in [0.1, 0.15) is 35.4 Å². The van der Waals surface area contributed by atoms with E-state index in [2.05, 4.69) is 44.2 Å². The van der Waals surface area contributed by atoms with Crippen LogP contribution in [-0.4, -0.2) is 0 Å². The fourth-order valence-corrected chi connectivity index (χ4v) is 4.06. The smallest absolute Gasteiger partial charge is 0.00893 e. The lowest BCUT2D eigenvalue weighted by Crippen LogP contribution is -2.04. The summed E-state index contributed by atoms with van der Waals surface area (Å²) >= 11 is 0. The Kier molecular flexibility index (Phi) is 0.955. The summed E-state index contributed by atoms with van der Waals surface area (Å²) in [5.74, 6) is 2.45. The molecule has 0 radical (unpaired) electrons. The predicted molar refractivity (Wildman–Crippen MR) is 57.4 cm³/mol. The fraction of sp³-hybridized carbons (Fsp3) is 0.429. The summed E-state index contributed by atoms with van der Waals surface area (Å²) in [6, 6.07) is 6.82. The molecule has 0 aliphatic heterocycles. The molecule has 0 N–H and O–H groups in total. The van der Waals surface area contributed by atoms with Crippen LogP contribution in [0.3, 0.4) is 0 Å². The minimum atomic E-state index is 0.578. The highest BCUT2D eigenvalue weighted by molar-refractivity contribution is 5.59. The Morgan fingerprint density at radius 2 is 2.07 bits per heavy atom. The van der Waals surface area contributed by atoms with E-state index in [9.17, 15) is 0 Å². The second kappa shape index (κ2) is 1.84. The third kappa shape index (κ3) is 0.515. The van der Waals surface area contributed by atoms with Crippen LogP contribution in [0.5, 0.6) is 0 Å². The molecule has 0 spiro atoms. The molecule has 0 heterocycles. The SMILES string of the molecule is Cc1cccc2c1[C@@H]1C=CC3[C@H]2C31C. The van der Waals surface area contributed by atoms with Gasteiger partial charge in [0, 0.05) is 5.92 Å². The van der Waals surface area contributed by atoms with Crippen molar-refractivity contribution in [2.45, 2.75) is 25.7 Å². The Labute approximate surface area is 84.6 Å². The monoisotopic (exact) mass is 182 g/mol. The summed E-state index contributed by atoms with van der Waals surface area (Å²) in [7, 11) is 0. The molecular weight excluding hydrogens is 168 g/mol. The minimum absolute atomic E-state index is 0.578. The molecule has 0 saturated heterocycles. The normalized spacial score (nSPS) is 45.1. The lowest BCUT2D eigenvalue weighted by molar-refractivity contribution is 0.513. The molecule has 0 nitrogen and oxygen atoms in total. The zero-order valence-electron chi connectivity index (χ0n) is 8.62. The van der Waals surface area contributed by atoms with Gasteiger partial charge < -0.3 is 0 Å². The van der Waals surface area contributed by atoms with Crippen LogP contribution in [0.2, 0.25) is 0 Å². The summed E-state index contributed by atoms with van der Waals surface area (Å²) in [5, 5.41) is 0. The van der Waals surface area contributed by atoms with Crippen molar-refractivity contribution >= 4 is 0 Å². The highest BCUT2D eigenvalue weighted by Crippen LogP contribution is 2.80. The van der Waals surface area contributed by atoms with Crippen molar-refractivity contribution in [2.24, 2.45) is 11.3 Å². The van der Waals surface area contributed by atoms with Gasteiger partial charge in [-0.25, -0.2) is 0 Å². The van der Waals surface area contributed by atoms with Crippen molar-refractivity contribution in [3.05, 3.63) is 47.0 Å². The Hall–Kier alpha value is -1.04. The van der Waals surface area contributed by atoms with Crippen molar-refractivity contribution in [3.63, 3.8) is 0 Å². The molecule has 4 rings (SSSR count). The fourth-order valence-electron chi connectivity index (χ4n) is 4.06. The molecule has 0 bridgehead atoms. The zero-order chi connectivity index (χ0) is 9.50.